The van der Waals surface area contributed by atoms with Crippen molar-refractivity contribution in [3.63, 3.8) is 0 Å². The first kappa shape index (κ1) is 19.6. The molecular formula is C19H22F2N2O3. The van der Waals surface area contributed by atoms with Gasteiger partial charge in [0.25, 0.3) is 5.91 Å². The molecule has 0 spiro atoms. The van der Waals surface area contributed by atoms with Gasteiger partial charge in [0.1, 0.15) is 0 Å². The summed E-state index contributed by atoms with van der Waals surface area (Å²) in [5.41, 5.74) is 2.60. The van der Waals surface area contributed by atoms with Crippen LogP contribution in [-0.2, 0) is 17.9 Å². The van der Waals surface area contributed by atoms with Gasteiger partial charge in [0, 0.05) is 31.0 Å². The summed E-state index contributed by atoms with van der Waals surface area (Å²) in [4.78, 5) is 25.3. The van der Waals surface area contributed by atoms with E-state index < -0.39 is 17.6 Å². The number of nitrogens with zero attached hydrogens (tertiary/aromatic N) is 2. The summed E-state index contributed by atoms with van der Waals surface area (Å²) in [5, 5.41) is 8.95. The Balaban J connectivity index is 2.32. The number of amides is 1. The number of carboxylic acids is 1. The lowest BCUT2D eigenvalue weighted by Crippen LogP contribution is -2.33. The molecule has 5 nitrogen and oxygen atoms in total. The fourth-order valence-corrected chi connectivity index (χ4v) is 3.02. The standard InChI is InChI=1S/C19H22F2N2O3/c1-4-23-12(2)9-15(13(23)3)19(26)22(8-7-18(24)25)11-14-5-6-16(20)17(21)10-14/h5-6,9-10H,4,7-8,11H2,1-3H3,(H,24,25). The lowest BCUT2D eigenvalue weighted by molar-refractivity contribution is -0.137. The summed E-state index contributed by atoms with van der Waals surface area (Å²) in [5.74, 6) is -3.34. The number of hydrogen-bond acceptors (Lipinski definition) is 2. The van der Waals surface area contributed by atoms with Gasteiger partial charge < -0.3 is 14.6 Å². The summed E-state index contributed by atoms with van der Waals surface area (Å²) in [6.07, 6.45) is -0.234. The van der Waals surface area contributed by atoms with Crippen molar-refractivity contribution in [3.05, 3.63) is 58.4 Å². The molecule has 0 aliphatic rings. The number of carbonyl (C=O) groups excluding carboxylic acids is 1. The molecule has 26 heavy (non-hydrogen) atoms. The molecule has 1 aromatic heterocycles. The van der Waals surface area contributed by atoms with Crippen molar-refractivity contribution in [3.8, 4) is 0 Å². The number of rotatable bonds is 7. The van der Waals surface area contributed by atoms with Gasteiger partial charge in [0.15, 0.2) is 11.6 Å². The van der Waals surface area contributed by atoms with Crippen LogP contribution in [0, 0.1) is 25.5 Å². The molecule has 7 heteroatoms. The Morgan fingerprint density at radius 3 is 2.38 bits per heavy atom. The zero-order valence-electron chi connectivity index (χ0n) is 15.1. The quantitative estimate of drug-likeness (QED) is 0.818. The van der Waals surface area contributed by atoms with Crippen LogP contribution in [0.5, 0.6) is 0 Å². The van der Waals surface area contributed by atoms with Crippen LogP contribution in [0.4, 0.5) is 8.78 Å². The number of aliphatic carboxylic acids is 1. The van der Waals surface area contributed by atoms with Crippen LogP contribution in [0.25, 0.3) is 0 Å². The third kappa shape index (κ3) is 4.28. The zero-order valence-corrected chi connectivity index (χ0v) is 15.1. The van der Waals surface area contributed by atoms with Gasteiger partial charge in [-0.1, -0.05) is 6.07 Å². The Kier molecular flexibility index (Phi) is 6.13. The number of carboxylic acid groups (broad SMARTS) is 1. The van der Waals surface area contributed by atoms with Crippen molar-refractivity contribution in [1.82, 2.24) is 9.47 Å². The van der Waals surface area contributed by atoms with Crippen molar-refractivity contribution in [2.24, 2.45) is 0 Å². The molecular weight excluding hydrogens is 342 g/mol. The van der Waals surface area contributed by atoms with E-state index in [1.54, 1.807) is 6.07 Å². The molecule has 0 saturated carbocycles. The molecule has 0 radical (unpaired) electrons. The smallest absolute Gasteiger partial charge is 0.305 e. The number of aromatic nitrogens is 1. The van der Waals surface area contributed by atoms with Crippen LogP contribution in [0.3, 0.4) is 0 Å². The largest absolute Gasteiger partial charge is 0.481 e. The van der Waals surface area contributed by atoms with E-state index in [2.05, 4.69) is 0 Å². The van der Waals surface area contributed by atoms with Crippen LogP contribution in [0.1, 0.15) is 40.7 Å². The Morgan fingerprint density at radius 1 is 1.15 bits per heavy atom. The predicted octanol–water partition coefficient (Wildman–Crippen LogP) is 3.52. The summed E-state index contributed by atoms with van der Waals surface area (Å²) < 4.78 is 28.6. The van der Waals surface area contributed by atoms with E-state index in [-0.39, 0.29) is 25.4 Å². The van der Waals surface area contributed by atoms with Gasteiger partial charge in [-0.3, -0.25) is 9.59 Å². The first-order valence-corrected chi connectivity index (χ1v) is 8.36. The molecule has 0 fully saturated rings. The molecule has 2 rings (SSSR count). The van der Waals surface area contributed by atoms with Crippen molar-refractivity contribution >= 4 is 11.9 Å². The summed E-state index contributed by atoms with van der Waals surface area (Å²) in [6.45, 7) is 6.38. The summed E-state index contributed by atoms with van der Waals surface area (Å²) >= 11 is 0. The van der Waals surface area contributed by atoms with E-state index >= 15 is 0 Å². The number of aryl methyl sites for hydroxylation is 1. The Morgan fingerprint density at radius 2 is 1.85 bits per heavy atom. The predicted molar refractivity (Wildman–Crippen MR) is 92.9 cm³/mol. The monoisotopic (exact) mass is 364 g/mol. The van der Waals surface area contributed by atoms with Gasteiger partial charge in [-0.25, -0.2) is 8.78 Å². The van der Waals surface area contributed by atoms with E-state index in [9.17, 15) is 18.4 Å². The van der Waals surface area contributed by atoms with Crippen LogP contribution in [0.15, 0.2) is 24.3 Å². The lowest BCUT2D eigenvalue weighted by Gasteiger charge is -2.22. The second-order valence-electron chi connectivity index (χ2n) is 6.15. The van der Waals surface area contributed by atoms with Gasteiger partial charge in [-0.2, -0.15) is 0 Å². The molecule has 0 aliphatic carbocycles. The number of carbonyl (C=O) groups is 2. The van der Waals surface area contributed by atoms with Gasteiger partial charge >= 0.3 is 5.97 Å². The second-order valence-corrected chi connectivity index (χ2v) is 6.15. The minimum Gasteiger partial charge on any atom is -0.481 e. The molecule has 1 heterocycles. The molecule has 1 N–H and O–H groups in total. The van der Waals surface area contributed by atoms with E-state index in [4.69, 9.17) is 5.11 Å². The Hall–Kier alpha value is -2.70. The minimum atomic E-state index is -1.04. The first-order chi connectivity index (χ1) is 12.2. The first-order valence-electron chi connectivity index (χ1n) is 8.36. The Labute approximate surface area is 150 Å². The normalized spacial score (nSPS) is 10.8. The van der Waals surface area contributed by atoms with Crippen LogP contribution >= 0.6 is 0 Å². The van der Waals surface area contributed by atoms with Crippen molar-refractivity contribution < 1.29 is 23.5 Å². The van der Waals surface area contributed by atoms with Gasteiger partial charge in [-0.05, 0) is 44.5 Å². The lowest BCUT2D eigenvalue weighted by atomic mass is 10.1. The third-order valence-electron chi connectivity index (χ3n) is 4.36. The topological polar surface area (TPSA) is 62.5 Å². The number of benzene rings is 1. The summed E-state index contributed by atoms with van der Waals surface area (Å²) in [7, 11) is 0. The van der Waals surface area contributed by atoms with Crippen LogP contribution in [-0.4, -0.2) is 33.0 Å². The minimum absolute atomic E-state index is 0.000887. The molecule has 1 aromatic carbocycles. The van der Waals surface area contributed by atoms with Crippen LogP contribution in [0.2, 0.25) is 0 Å². The fourth-order valence-electron chi connectivity index (χ4n) is 3.02. The van der Waals surface area contributed by atoms with Crippen molar-refractivity contribution in [1.29, 1.82) is 0 Å². The molecule has 0 unspecified atom stereocenters. The maximum absolute atomic E-state index is 13.5. The average molecular weight is 364 g/mol. The number of hydrogen-bond donors (Lipinski definition) is 1. The molecule has 0 bridgehead atoms. The van der Waals surface area contributed by atoms with E-state index in [1.165, 1.54) is 11.0 Å². The highest BCUT2D eigenvalue weighted by molar-refractivity contribution is 5.96. The zero-order chi connectivity index (χ0) is 19.4. The summed E-state index contributed by atoms with van der Waals surface area (Å²) in [6, 6.07) is 5.16. The maximum Gasteiger partial charge on any atom is 0.305 e. The van der Waals surface area contributed by atoms with Crippen molar-refractivity contribution in [2.45, 2.75) is 40.3 Å². The van der Waals surface area contributed by atoms with E-state index in [0.29, 0.717) is 17.7 Å². The highest BCUT2D eigenvalue weighted by Crippen LogP contribution is 2.19. The van der Waals surface area contributed by atoms with Gasteiger partial charge in [-0.15, -0.1) is 0 Å². The SMILES string of the molecule is CCn1c(C)cc(C(=O)N(CCC(=O)O)Cc2ccc(F)c(F)c2)c1C. The van der Waals surface area contributed by atoms with Gasteiger partial charge in [0.2, 0.25) is 0 Å². The fraction of sp³-hybridized carbons (Fsp3) is 0.368. The molecule has 1 amide bonds. The second kappa shape index (κ2) is 8.12. The van der Waals surface area contributed by atoms with E-state index in [0.717, 1.165) is 23.5 Å². The van der Waals surface area contributed by atoms with E-state index in [1.807, 2.05) is 25.3 Å². The van der Waals surface area contributed by atoms with Crippen molar-refractivity contribution in [2.75, 3.05) is 6.54 Å². The third-order valence-corrected chi connectivity index (χ3v) is 4.36. The molecule has 0 aliphatic heterocycles. The maximum atomic E-state index is 13.5. The van der Waals surface area contributed by atoms with Crippen LogP contribution < -0.4 is 0 Å². The molecule has 140 valence electrons. The van der Waals surface area contributed by atoms with Gasteiger partial charge in [0.05, 0.1) is 12.0 Å². The highest BCUT2D eigenvalue weighted by atomic mass is 19.2. The highest BCUT2D eigenvalue weighted by Gasteiger charge is 2.22. The number of halogens is 2. The molecule has 0 saturated heterocycles. The molecule has 0 atom stereocenters. The molecule has 2 aromatic rings. The Bertz CT molecular complexity index is 830. The average Bonchev–Trinajstić information content (AvgIpc) is 2.87.